The van der Waals surface area contributed by atoms with Crippen LogP contribution in [0.3, 0.4) is 0 Å². The van der Waals surface area contributed by atoms with Crippen molar-refractivity contribution in [2.75, 3.05) is 33.0 Å². The molecular formula is C15H29NO4. The third-order valence-corrected chi connectivity index (χ3v) is 2.78. The SMILES string of the molecule is CC(C)CCC(=O)NCCOCCOCC(=O)C(C)C. The van der Waals surface area contributed by atoms with Crippen molar-refractivity contribution in [1.29, 1.82) is 0 Å². The standard InChI is InChI=1S/C15H29NO4/c1-12(2)5-6-15(18)16-7-8-19-9-10-20-11-14(17)13(3)4/h12-13H,5-11H2,1-4H3,(H,16,18). The Hall–Kier alpha value is -0.940. The molecular weight excluding hydrogens is 258 g/mol. The number of ether oxygens (including phenoxy) is 2. The monoisotopic (exact) mass is 287 g/mol. The van der Waals surface area contributed by atoms with E-state index in [-0.39, 0.29) is 24.2 Å². The van der Waals surface area contributed by atoms with Gasteiger partial charge in [0.25, 0.3) is 0 Å². The molecule has 0 saturated carbocycles. The molecule has 0 aliphatic heterocycles. The average Bonchev–Trinajstić information content (AvgIpc) is 2.38. The Bertz CT molecular complexity index is 277. The molecule has 0 aromatic rings. The summed E-state index contributed by atoms with van der Waals surface area (Å²) in [4.78, 5) is 22.6. The highest BCUT2D eigenvalue weighted by atomic mass is 16.5. The Morgan fingerprint density at radius 1 is 1.00 bits per heavy atom. The Balaban J connectivity index is 3.28. The van der Waals surface area contributed by atoms with Crippen molar-refractivity contribution in [2.45, 2.75) is 40.5 Å². The fraction of sp³-hybridized carbons (Fsp3) is 0.867. The van der Waals surface area contributed by atoms with Gasteiger partial charge >= 0.3 is 0 Å². The van der Waals surface area contributed by atoms with Gasteiger partial charge in [0.1, 0.15) is 6.61 Å². The summed E-state index contributed by atoms with van der Waals surface area (Å²) in [6.07, 6.45) is 1.47. The van der Waals surface area contributed by atoms with E-state index >= 15 is 0 Å². The summed E-state index contributed by atoms with van der Waals surface area (Å²) in [5.74, 6) is 0.725. The summed E-state index contributed by atoms with van der Waals surface area (Å²) in [6.45, 7) is 9.87. The van der Waals surface area contributed by atoms with Crippen LogP contribution in [0, 0.1) is 11.8 Å². The van der Waals surface area contributed by atoms with Gasteiger partial charge in [-0.25, -0.2) is 0 Å². The highest BCUT2D eigenvalue weighted by Gasteiger charge is 2.06. The summed E-state index contributed by atoms with van der Waals surface area (Å²) in [7, 11) is 0. The third kappa shape index (κ3) is 12.1. The van der Waals surface area contributed by atoms with Crippen molar-refractivity contribution in [1.82, 2.24) is 5.32 Å². The number of carbonyl (C=O) groups is 2. The molecule has 0 bridgehead atoms. The van der Waals surface area contributed by atoms with Gasteiger partial charge in [-0.2, -0.15) is 0 Å². The lowest BCUT2D eigenvalue weighted by molar-refractivity contribution is -0.127. The number of ketones is 1. The van der Waals surface area contributed by atoms with Crippen LogP contribution in [0.2, 0.25) is 0 Å². The predicted octanol–water partition coefficient (Wildman–Crippen LogP) is 1.80. The molecule has 1 amide bonds. The second-order valence-electron chi connectivity index (χ2n) is 5.57. The smallest absolute Gasteiger partial charge is 0.220 e. The minimum Gasteiger partial charge on any atom is -0.377 e. The third-order valence-electron chi connectivity index (χ3n) is 2.78. The molecule has 0 unspecified atom stereocenters. The lowest BCUT2D eigenvalue weighted by Gasteiger charge is -2.08. The average molecular weight is 287 g/mol. The molecule has 0 heterocycles. The first-order valence-corrected chi connectivity index (χ1v) is 7.38. The number of nitrogens with one attached hydrogen (secondary N) is 1. The predicted molar refractivity (Wildman–Crippen MR) is 78.6 cm³/mol. The second-order valence-corrected chi connectivity index (χ2v) is 5.57. The van der Waals surface area contributed by atoms with Gasteiger partial charge in [-0.3, -0.25) is 9.59 Å². The van der Waals surface area contributed by atoms with E-state index in [2.05, 4.69) is 19.2 Å². The van der Waals surface area contributed by atoms with E-state index in [1.165, 1.54) is 0 Å². The van der Waals surface area contributed by atoms with Gasteiger partial charge in [0.15, 0.2) is 5.78 Å². The van der Waals surface area contributed by atoms with Crippen molar-refractivity contribution in [3.63, 3.8) is 0 Å². The number of hydrogen-bond acceptors (Lipinski definition) is 4. The molecule has 20 heavy (non-hydrogen) atoms. The number of carbonyl (C=O) groups excluding carboxylic acids is 2. The maximum atomic E-state index is 11.4. The summed E-state index contributed by atoms with van der Waals surface area (Å²) in [6, 6.07) is 0. The van der Waals surface area contributed by atoms with E-state index in [1.54, 1.807) is 0 Å². The van der Waals surface area contributed by atoms with Crippen molar-refractivity contribution in [3.8, 4) is 0 Å². The first kappa shape index (κ1) is 19.1. The Morgan fingerprint density at radius 2 is 1.65 bits per heavy atom. The number of amides is 1. The lowest BCUT2D eigenvalue weighted by atomic mass is 10.1. The van der Waals surface area contributed by atoms with Gasteiger partial charge in [-0.1, -0.05) is 27.7 Å². The van der Waals surface area contributed by atoms with E-state index in [1.807, 2.05) is 13.8 Å². The van der Waals surface area contributed by atoms with Crippen molar-refractivity contribution in [3.05, 3.63) is 0 Å². The maximum Gasteiger partial charge on any atom is 0.220 e. The van der Waals surface area contributed by atoms with Crippen LogP contribution < -0.4 is 5.32 Å². The summed E-state index contributed by atoms with van der Waals surface area (Å²) >= 11 is 0. The van der Waals surface area contributed by atoms with Crippen LogP contribution in [-0.2, 0) is 19.1 Å². The van der Waals surface area contributed by atoms with Gasteiger partial charge in [-0.15, -0.1) is 0 Å². The fourth-order valence-corrected chi connectivity index (χ4v) is 1.33. The molecule has 0 aliphatic carbocycles. The Labute approximate surface area is 122 Å². The largest absolute Gasteiger partial charge is 0.377 e. The zero-order valence-electron chi connectivity index (χ0n) is 13.2. The normalized spacial score (nSPS) is 11.1. The number of hydrogen-bond donors (Lipinski definition) is 1. The first-order chi connectivity index (χ1) is 9.43. The molecule has 0 aromatic carbocycles. The van der Waals surface area contributed by atoms with Crippen molar-refractivity contribution >= 4 is 11.7 Å². The summed E-state index contributed by atoms with van der Waals surface area (Å²) in [5, 5.41) is 2.80. The van der Waals surface area contributed by atoms with Crippen LogP contribution in [0.4, 0.5) is 0 Å². The molecule has 1 N–H and O–H groups in total. The van der Waals surface area contributed by atoms with E-state index < -0.39 is 0 Å². The van der Waals surface area contributed by atoms with Gasteiger partial charge < -0.3 is 14.8 Å². The molecule has 118 valence electrons. The molecule has 0 aliphatic rings. The zero-order valence-corrected chi connectivity index (χ0v) is 13.2. The van der Waals surface area contributed by atoms with E-state index in [9.17, 15) is 9.59 Å². The minimum absolute atomic E-state index is 0.0111. The highest BCUT2D eigenvalue weighted by molar-refractivity contribution is 5.81. The Morgan fingerprint density at radius 3 is 2.25 bits per heavy atom. The van der Waals surface area contributed by atoms with Crippen LogP contribution in [0.1, 0.15) is 40.5 Å². The van der Waals surface area contributed by atoms with Crippen LogP contribution in [0.15, 0.2) is 0 Å². The summed E-state index contributed by atoms with van der Waals surface area (Å²) in [5.41, 5.74) is 0. The molecule has 0 radical (unpaired) electrons. The van der Waals surface area contributed by atoms with Crippen molar-refractivity contribution < 1.29 is 19.1 Å². The van der Waals surface area contributed by atoms with Gasteiger partial charge in [0, 0.05) is 18.9 Å². The van der Waals surface area contributed by atoms with Gasteiger partial charge in [0.05, 0.1) is 19.8 Å². The Kier molecular flexibility index (Phi) is 11.3. The minimum atomic E-state index is 0.0111. The van der Waals surface area contributed by atoms with Gasteiger partial charge in [0.2, 0.25) is 5.91 Å². The summed E-state index contributed by atoms with van der Waals surface area (Å²) < 4.78 is 10.5. The van der Waals surface area contributed by atoms with Crippen LogP contribution in [-0.4, -0.2) is 44.7 Å². The van der Waals surface area contributed by atoms with E-state index in [4.69, 9.17) is 9.47 Å². The molecule has 5 nitrogen and oxygen atoms in total. The van der Waals surface area contributed by atoms with E-state index in [0.717, 1.165) is 6.42 Å². The molecule has 0 rings (SSSR count). The van der Waals surface area contributed by atoms with Crippen LogP contribution in [0.5, 0.6) is 0 Å². The maximum absolute atomic E-state index is 11.4. The molecule has 5 heteroatoms. The fourth-order valence-electron chi connectivity index (χ4n) is 1.33. The molecule has 0 fully saturated rings. The number of rotatable bonds is 12. The van der Waals surface area contributed by atoms with E-state index in [0.29, 0.717) is 38.7 Å². The quantitative estimate of drug-likeness (QED) is 0.556. The van der Waals surface area contributed by atoms with Crippen LogP contribution >= 0.6 is 0 Å². The van der Waals surface area contributed by atoms with Gasteiger partial charge in [-0.05, 0) is 12.3 Å². The first-order valence-electron chi connectivity index (χ1n) is 7.38. The molecule has 0 atom stereocenters. The second kappa shape index (κ2) is 11.9. The molecule has 0 saturated heterocycles. The van der Waals surface area contributed by atoms with Crippen molar-refractivity contribution in [2.24, 2.45) is 11.8 Å². The topological polar surface area (TPSA) is 64.6 Å². The molecule has 0 spiro atoms. The van der Waals surface area contributed by atoms with Crippen LogP contribution in [0.25, 0.3) is 0 Å². The highest BCUT2D eigenvalue weighted by Crippen LogP contribution is 2.02. The molecule has 0 aromatic heterocycles. The lowest BCUT2D eigenvalue weighted by Crippen LogP contribution is -2.27. The zero-order chi connectivity index (χ0) is 15.4. The number of Topliss-reactive ketones (excluding diaryl/α,β-unsaturated/α-hetero) is 1.